The van der Waals surface area contributed by atoms with Crippen LogP contribution in [0.15, 0.2) is 36.9 Å². The summed E-state index contributed by atoms with van der Waals surface area (Å²) < 4.78 is 18.3. The molecule has 0 saturated carbocycles. The average molecular weight is 629 g/mol. The molecule has 4 rings (SSSR count). The number of aliphatic hydroxyl groups is 2. The van der Waals surface area contributed by atoms with Crippen molar-refractivity contribution in [3.63, 3.8) is 0 Å². The Morgan fingerprint density at radius 1 is 1.11 bits per heavy atom. The van der Waals surface area contributed by atoms with Crippen LogP contribution in [0.4, 0.5) is 5.82 Å². The van der Waals surface area contributed by atoms with Gasteiger partial charge in [0, 0.05) is 40.1 Å². The number of carbonyl (C=O) groups excluding carboxylic acids is 2. The van der Waals surface area contributed by atoms with Crippen molar-refractivity contribution in [3.05, 3.63) is 48.0 Å². The fraction of sp³-hybridized carbons (Fsp3) is 0.567. The van der Waals surface area contributed by atoms with Crippen LogP contribution in [0.2, 0.25) is 0 Å². The minimum atomic E-state index is -1.26. The lowest BCUT2D eigenvalue weighted by Gasteiger charge is -2.25. The maximum atomic E-state index is 13.7. The molecule has 2 aromatic heterocycles. The SMILES string of the molecule is Cc1ccc(C[C@H](NC(=O)CCCOCCOCCN)C(=O)N[C@H]2[C@@H](O)[C@H](n3cnc4c(N(C)C)ncnc43)O[C@@H]2CO)cc1. The van der Waals surface area contributed by atoms with E-state index in [2.05, 4.69) is 25.6 Å². The Bertz CT molecular complexity index is 1390. The van der Waals surface area contributed by atoms with Crippen molar-refractivity contribution in [1.82, 2.24) is 30.2 Å². The molecule has 3 heterocycles. The molecule has 1 fully saturated rings. The van der Waals surface area contributed by atoms with Gasteiger partial charge in [0.2, 0.25) is 11.8 Å². The smallest absolute Gasteiger partial charge is 0.243 e. The predicted molar refractivity (Wildman–Crippen MR) is 165 cm³/mol. The molecule has 3 aromatic rings. The number of aryl methyl sites for hydroxylation is 1. The Labute approximate surface area is 262 Å². The van der Waals surface area contributed by atoms with Gasteiger partial charge in [0.05, 0.1) is 38.8 Å². The molecule has 0 unspecified atom stereocenters. The third-order valence-electron chi connectivity index (χ3n) is 7.44. The Kier molecular flexibility index (Phi) is 12.6. The quantitative estimate of drug-likeness (QED) is 0.120. The number of benzene rings is 1. The summed E-state index contributed by atoms with van der Waals surface area (Å²) in [6.45, 7) is 3.60. The Balaban J connectivity index is 1.43. The summed E-state index contributed by atoms with van der Waals surface area (Å²) in [6.07, 6.45) is 0.531. The van der Waals surface area contributed by atoms with Gasteiger partial charge < -0.3 is 45.7 Å². The molecule has 1 aromatic carbocycles. The van der Waals surface area contributed by atoms with Crippen molar-refractivity contribution >= 4 is 28.8 Å². The van der Waals surface area contributed by atoms with Gasteiger partial charge in [-0.1, -0.05) is 29.8 Å². The first-order valence-corrected chi connectivity index (χ1v) is 15.0. The summed E-state index contributed by atoms with van der Waals surface area (Å²) in [5.41, 5.74) is 8.24. The zero-order chi connectivity index (χ0) is 32.3. The molecule has 0 spiro atoms. The van der Waals surface area contributed by atoms with E-state index in [1.54, 1.807) is 9.47 Å². The van der Waals surface area contributed by atoms with E-state index in [-0.39, 0.29) is 18.7 Å². The second kappa shape index (κ2) is 16.5. The third kappa shape index (κ3) is 8.93. The molecule has 5 atom stereocenters. The summed E-state index contributed by atoms with van der Waals surface area (Å²) in [7, 11) is 3.66. The fourth-order valence-electron chi connectivity index (χ4n) is 5.10. The van der Waals surface area contributed by atoms with E-state index in [9.17, 15) is 19.8 Å². The van der Waals surface area contributed by atoms with E-state index < -0.39 is 43.0 Å². The Hall–Kier alpha value is -3.73. The molecule has 6 N–H and O–H groups in total. The lowest BCUT2D eigenvalue weighted by atomic mass is 10.0. The number of fused-ring (bicyclic) bond motifs is 1. The summed E-state index contributed by atoms with van der Waals surface area (Å²) in [5, 5.41) is 27.1. The van der Waals surface area contributed by atoms with Gasteiger partial charge >= 0.3 is 0 Å². The van der Waals surface area contributed by atoms with Crippen LogP contribution in [-0.2, 0) is 30.2 Å². The molecule has 0 aliphatic carbocycles. The zero-order valence-corrected chi connectivity index (χ0v) is 26.0. The van der Waals surface area contributed by atoms with E-state index in [1.165, 1.54) is 12.7 Å². The van der Waals surface area contributed by atoms with Crippen LogP contribution in [0.1, 0.15) is 30.2 Å². The molecule has 0 bridgehead atoms. The van der Waals surface area contributed by atoms with Crippen LogP contribution >= 0.6 is 0 Å². The maximum absolute atomic E-state index is 13.7. The van der Waals surface area contributed by atoms with Crippen LogP contribution < -0.4 is 21.3 Å². The van der Waals surface area contributed by atoms with Crippen LogP contribution in [0.5, 0.6) is 0 Å². The van der Waals surface area contributed by atoms with Crippen molar-refractivity contribution in [1.29, 1.82) is 0 Å². The van der Waals surface area contributed by atoms with E-state index in [0.29, 0.717) is 56.4 Å². The molecule has 0 radical (unpaired) electrons. The standard InChI is InChI=1S/C30H44N8O7/c1-19-6-8-20(9-7-19)15-21(35-23(40)5-4-11-43-13-14-44-12-10-31)29(42)36-24-22(16-39)45-30(26(24)41)38-18-34-25-27(37(2)3)32-17-33-28(25)38/h6-9,17-18,21-22,24,26,30,39,41H,4-5,10-16,31H2,1-3H3,(H,35,40)(H,36,42)/t21-,22+,24+,26+,30+/m0/s1. The number of rotatable bonds is 17. The van der Waals surface area contributed by atoms with Crippen molar-refractivity contribution in [2.45, 2.75) is 56.7 Å². The number of ether oxygens (including phenoxy) is 3. The first-order valence-electron chi connectivity index (χ1n) is 15.0. The second-order valence-corrected chi connectivity index (χ2v) is 11.1. The van der Waals surface area contributed by atoms with Gasteiger partial charge in [-0.2, -0.15) is 0 Å². The Morgan fingerprint density at radius 3 is 2.53 bits per heavy atom. The zero-order valence-electron chi connectivity index (χ0n) is 26.0. The van der Waals surface area contributed by atoms with E-state index >= 15 is 0 Å². The molecule has 15 heteroatoms. The van der Waals surface area contributed by atoms with Crippen molar-refractivity contribution < 1.29 is 34.0 Å². The highest BCUT2D eigenvalue weighted by atomic mass is 16.5. The first-order chi connectivity index (χ1) is 21.7. The van der Waals surface area contributed by atoms with Gasteiger partial charge in [0.25, 0.3) is 0 Å². The predicted octanol–water partition coefficient (Wildman–Crippen LogP) is -0.564. The lowest BCUT2D eigenvalue weighted by molar-refractivity contribution is -0.130. The van der Waals surface area contributed by atoms with Crippen LogP contribution in [0.25, 0.3) is 11.2 Å². The maximum Gasteiger partial charge on any atom is 0.243 e. The van der Waals surface area contributed by atoms with E-state index in [4.69, 9.17) is 19.9 Å². The van der Waals surface area contributed by atoms with Crippen molar-refractivity contribution in [2.24, 2.45) is 5.73 Å². The number of carbonyl (C=O) groups is 2. The molecule has 15 nitrogen and oxygen atoms in total. The molecule has 1 saturated heterocycles. The molecule has 1 aliphatic heterocycles. The van der Waals surface area contributed by atoms with Crippen LogP contribution in [0, 0.1) is 6.92 Å². The molecular formula is C30H44N8O7. The number of hydrogen-bond acceptors (Lipinski definition) is 12. The second-order valence-electron chi connectivity index (χ2n) is 11.1. The van der Waals surface area contributed by atoms with Crippen molar-refractivity contribution in [2.75, 3.05) is 58.6 Å². The molecular weight excluding hydrogens is 584 g/mol. The number of nitrogens with one attached hydrogen (secondary N) is 2. The topological polar surface area (TPSA) is 199 Å². The monoisotopic (exact) mass is 628 g/mol. The summed E-state index contributed by atoms with van der Waals surface area (Å²) in [6, 6.07) is 5.74. The van der Waals surface area contributed by atoms with Crippen LogP contribution in [0.3, 0.4) is 0 Å². The van der Waals surface area contributed by atoms with Crippen LogP contribution in [-0.4, -0.2) is 120 Å². The number of nitrogens with two attached hydrogens (primary N) is 1. The average Bonchev–Trinajstić information content (AvgIpc) is 3.59. The highest BCUT2D eigenvalue weighted by Crippen LogP contribution is 2.32. The number of hydrogen-bond donors (Lipinski definition) is 5. The van der Waals surface area contributed by atoms with E-state index in [1.807, 2.05) is 45.3 Å². The fourth-order valence-corrected chi connectivity index (χ4v) is 5.10. The largest absolute Gasteiger partial charge is 0.394 e. The van der Waals surface area contributed by atoms with E-state index in [0.717, 1.165) is 11.1 Å². The number of anilines is 1. The van der Waals surface area contributed by atoms with Gasteiger partial charge in [-0.15, -0.1) is 0 Å². The molecule has 246 valence electrons. The van der Waals surface area contributed by atoms with Gasteiger partial charge in [0.15, 0.2) is 23.2 Å². The minimum absolute atomic E-state index is 0.155. The molecule has 2 amide bonds. The van der Waals surface area contributed by atoms with Crippen molar-refractivity contribution in [3.8, 4) is 0 Å². The van der Waals surface area contributed by atoms with Gasteiger partial charge in [-0.25, -0.2) is 15.0 Å². The lowest BCUT2D eigenvalue weighted by Crippen LogP contribution is -2.55. The first kappa shape index (κ1) is 34.1. The number of amides is 2. The summed E-state index contributed by atoms with van der Waals surface area (Å²) >= 11 is 0. The summed E-state index contributed by atoms with van der Waals surface area (Å²) in [4.78, 5) is 41.3. The number of aromatic nitrogens is 4. The number of imidazole rings is 1. The Morgan fingerprint density at radius 2 is 1.84 bits per heavy atom. The summed E-state index contributed by atoms with van der Waals surface area (Å²) in [5.74, 6) is -0.240. The van der Waals surface area contributed by atoms with Gasteiger partial charge in [-0.3, -0.25) is 14.2 Å². The third-order valence-corrected chi connectivity index (χ3v) is 7.44. The van der Waals surface area contributed by atoms with Gasteiger partial charge in [-0.05, 0) is 18.9 Å². The molecule has 1 aliphatic rings. The normalized spacial score (nSPS) is 20.3. The minimum Gasteiger partial charge on any atom is -0.394 e. The van der Waals surface area contributed by atoms with Gasteiger partial charge in [0.1, 0.15) is 24.6 Å². The number of aliphatic hydroxyl groups excluding tert-OH is 2. The highest BCUT2D eigenvalue weighted by molar-refractivity contribution is 5.88. The number of nitrogens with zero attached hydrogens (tertiary/aromatic N) is 5. The highest BCUT2D eigenvalue weighted by Gasteiger charge is 2.46. The molecule has 45 heavy (non-hydrogen) atoms.